The van der Waals surface area contributed by atoms with E-state index < -0.39 is 6.36 Å². The maximum Gasteiger partial charge on any atom is 0.573 e. The van der Waals surface area contributed by atoms with Crippen LogP contribution in [0.3, 0.4) is 0 Å². The number of ether oxygens (including phenoxy) is 1. The second-order valence-electron chi connectivity index (χ2n) is 7.02. The lowest BCUT2D eigenvalue weighted by Crippen LogP contribution is -2.47. The molecule has 4 rings (SSSR count). The first kappa shape index (κ1) is 20.7. The predicted octanol–water partition coefficient (Wildman–Crippen LogP) is 4.04. The summed E-state index contributed by atoms with van der Waals surface area (Å²) in [5.41, 5.74) is 1.32. The van der Waals surface area contributed by atoms with Crippen molar-refractivity contribution in [3.8, 4) is 5.75 Å². The zero-order valence-electron chi connectivity index (χ0n) is 16.0. The van der Waals surface area contributed by atoms with Gasteiger partial charge >= 0.3 is 6.36 Å². The molecule has 1 aliphatic heterocycles. The highest BCUT2D eigenvalue weighted by Gasteiger charge is 2.31. The van der Waals surface area contributed by atoms with E-state index in [0.717, 1.165) is 24.4 Å². The zero-order valence-corrected chi connectivity index (χ0v) is 16.8. The summed E-state index contributed by atoms with van der Waals surface area (Å²) in [5.74, 6) is -0.508. The fraction of sp³-hybridized carbons (Fsp3) is 0.350. The number of piperazine rings is 1. The molecule has 0 radical (unpaired) electrons. The number of para-hydroxylation sites is 1. The third-order valence-electron chi connectivity index (χ3n) is 5.11. The van der Waals surface area contributed by atoms with Crippen molar-refractivity contribution in [2.45, 2.75) is 12.9 Å². The highest BCUT2D eigenvalue weighted by Crippen LogP contribution is 2.28. The standard InChI is InChI=1S/C20H20F4N4OS/c21-15-3-1-2-4-16(15)27-10-7-26(8-11-27)9-12-28-17-6-5-14(29-20(22,23)24)13-18(17)30-19(28)25/h1-6,13,25H,7-12H2. The van der Waals surface area contributed by atoms with Crippen molar-refractivity contribution in [3.63, 3.8) is 0 Å². The van der Waals surface area contributed by atoms with E-state index in [1.165, 1.54) is 18.2 Å². The SMILES string of the molecule is N=c1sc2cc(OC(F)(F)F)ccc2n1CCN1CCN(c2ccccc2F)CC1. The summed E-state index contributed by atoms with van der Waals surface area (Å²) in [6, 6.07) is 10.9. The average Bonchev–Trinajstić information content (AvgIpc) is 3.00. The van der Waals surface area contributed by atoms with E-state index in [-0.39, 0.29) is 16.4 Å². The van der Waals surface area contributed by atoms with Crippen LogP contribution in [0.2, 0.25) is 0 Å². The number of hydrogen-bond acceptors (Lipinski definition) is 5. The second kappa shape index (κ2) is 8.27. The van der Waals surface area contributed by atoms with Crippen LogP contribution in [0, 0.1) is 11.2 Å². The van der Waals surface area contributed by atoms with E-state index in [4.69, 9.17) is 5.41 Å². The molecule has 0 spiro atoms. The smallest absolute Gasteiger partial charge is 0.406 e. The van der Waals surface area contributed by atoms with E-state index in [1.54, 1.807) is 22.8 Å². The Hall–Kier alpha value is -2.59. The molecule has 10 heteroatoms. The van der Waals surface area contributed by atoms with Crippen LogP contribution in [0.5, 0.6) is 5.75 Å². The fourth-order valence-electron chi connectivity index (χ4n) is 3.65. The van der Waals surface area contributed by atoms with E-state index in [0.29, 0.717) is 42.1 Å². The van der Waals surface area contributed by atoms with Gasteiger partial charge in [0.05, 0.1) is 15.9 Å². The van der Waals surface area contributed by atoms with Crippen molar-refractivity contribution in [2.75, 3.05) is 37.6 Å². The summed E-state index contributed by atoms with van der Waals surface area (Å²) < 4.78 is 57.6. The number of fused-ring (bicyclic) bond motifs is 1. The van der Waals surface area contributed by atoms with Gasteiger partial charge in [-0.15, -0.1) is 13.2 Å². The summed E-state index contributed by atoms with van der Waals surface area (Å²) in [5, 5.41) is 8.18. The molecule has 1 aromatic heterocycles. The van der Waals surface area contributed by atoms with E-state index in [2.05, 4.69) is 9.64 Å². The first-order valence-corrected chi connectivity index (χ1v) is 10.3. The van der Waals surface area contributed by atoms with Gasteiger partial charge in [-0.3, -0.25) is 10.3 Å². The predicted molar refractivity (Wildman–Crippen MR) is 107 cm³/mol. The summed E-state index contributed by atoms with van der Waals surface area (Å²) >= 11 is 1.12. The highest BCUT2D eigenvalue weighted by atomic mass is 32.1. The van der Waals surface area contributed by atoms with Crippen LogP contribution in [0.1, 0.15) is 0 Å². The number of thiazole rings is 1. The van der Waals surface area contributed by atoms with Crippen molar-refractivity contribution in [1.29, 1.82) is 5.41 Å². The molecule has 2 heterocycles. The average molecular weight is 440 g/mol. The van der Waals surface area contributed by atoms with Crippen LogP contribution in [-0.2, 0) is 6.54 Å². The van der Waals surface area contributed by atoms with Crippen molar-refractivity contribution in [1.82, 2.24) is 9.47 Å². The summed E-state index contributed by atoms with van der Waals surface area (Å²) in [6.07, 6.45) is -4.74. The molecule has 1 N–H and O–H groups in total. The number of alkyl halides is 3. The Morgan fingerprint density at radius 2 is 1.73 bits per heavy atom. The van der Waals surface area contributed by atoms with Gasteiger partial charge in [-0.05, 0) is 30.3 Å². The lowest BCUT2D eigenvalue weighted by molar-refractivity contribution is -0.274. The molecule has 0 amide bonds. The van der Waals surface area contributed by atoms with Gasteiger partial charge in [-0.2, -0.15) is 0 Å². The Balaban J connectivity index is 1.39. The van der Waals surface area contributed by atoms with Crippen molar-refractivity contribution in [3.05, 3.63) is 53.1 Å². The van der Waals surface area contributed by atoms with Gasteiger partial charge in [0.1, 0.15) is 11.6 Å². The van der Waals surface area contributed by atoms with Gasteiger partial charge in [0.2, 0.25) is 0 Å². The van der Waals surface area contributed by atoms with Gasteiger partial charge in [0.15, 0.2) is 4.80 Å². The number of anilines is 1. The largest absolute Gasteiger partial charge is 0.573 e. The minimum absolute atomic E-state index is 0.223. The molecular formula is C20H20F4N4OS. The lowest BCUT2D eigenvalue weighted by Gasteiger charge is -2.36. The fourth-order valence-corrected chi connectivity index (χ4v) is 4.61. The number of halogens is 4. The summed E-state index contributed by atoms with van der Waals surface area (Å²) in [4.78, 5) is 4.55. The van der Waals surface area contributed by atoms with Gasteiger partial charge in [0, 0.05) is 39.3 Å². The van der Waals surface area contributed by atoms with E-state index in [9.17, 15) is 17.6 Å². The molecule has 0 atom stereocenters. The molecule has 3 aromatic rings. The first-order chi connectivity index (χ1) is 14.3. The molecule has 0 unspecified atom stereocenters. The third kappa shape index (κ3) is 4.59. The summed E-state index contributed by atoms with van der Waals surface area (Å²) in [6.45, 7) is 4.22. The molecule has 5 nitrogen and oxygen atoms in total. The number of aromatic nitrogens is 1. The lowest BCUT2D eigenvalue weighted by atomic mass is 10.2. The minimum Gasteiger partial charge on any atom is -0.406 e. The van der Waals surface area contributed by atoms with Crippen LogP contribution < -0.4 is 14.4 Å². The maximum absolute atomic E-state index is 14.0. The Bertz CT molecular complexity index is 1090. The maximum atomic E-state index is 14.0. The van der Waals surface area contributed by atoms with Crippen molar-refractivity contribution < 1.29 is 22.3 Å². The molecule has 0 saturated carbocycles. The van der Waals surface area contributed by atoms with Gasteiger partial charge in [-0.25, -0.2) is 4.39 Å². The van der Waals surface area contributed by atoms with Crippen LogP contribution in [-0.4, -0.2) is 48.6 Å². The molecule has 1 fully saturated rings. The number of rotatable bonds is 5. The monoisotopic (exact) mass is 440 g/mol. The first-order valence-electron chi connectivity index (χ1n) is 9.46. The molecule has 160 valence electrons. The molecule has 0 bridgehead atoms. The number of benzene rings is 2. The van der Waals surface area contributed by atoms with Crippen LogP contribution in [0.25, 0.3) is 10.2 Å². The Kier molecular flexibility index (Phi) is 5.70. The van der Waals surface area contributed by atoms with Crippen LogP contribution >= 0.6 is 11.3 Å². The van der Waals surface area contributed by atoms with Gasteiger partial charge in [-0.1, -0.05) is 23.5 Å². The highest BCUT2D eigenvalue weighted by molar-refractivity contribution is 7.16. The number of nitrogens with zero attached hydrogens (tertiary/aromatic N) is 3. The summed E-state index contributed by atoms with van der Waals surface area (Å²) in [7, 11) is 0. The third-order valence-corrected chi connectivity index (χ3v) is 6.07. The van der Waals surface area contributed by atoms with Gasteiger partial charge < -0.3 is 14.2 Å². The number of hydrogen-bond donors (Lipinski definition) is 1. The number of nitrogens with one attached hydrogen (secondary N) is 1. The Labute approximate surface area is 174 Å². The molecule has 1 saturated heterocycles. The normalized spacial score (nSPS) is 15.7. The molecule has 0 aliphatic carbocycles. The molecule has 30 heavy (non-hydrogen) atoms. The molecule has 1 aliphatic rings. The van der Waals surface area contributed by atoms with E-state index in [1.807, 2.05) is 11.0 Å². The van der Waals surface area contributed by atoms with Gasteiger partial charge in [0.25, 0.3) is 0 Å². The van der Waals surface area contributed by atoms with E-state index >= 15 is 0 Å². The zero-order chi connectivity index (χ0) is 21.3. The molecular weight excluding hydrogens is 420 g/mol. The van der Waals surface area contributed by atoms with Crippen molar-refractivity contribution >= 4 is 27.2 Å². The second-order valence-corrected chi connectivity index (χ2v) is 8.05. The molecule has 2 aromatic carbocycles. The topological polar surface area (TPSA) is 44.5 Å². The Morgan fingerprint density at radius 3 is 2.43 bits per heavy atom. The van der Waals surface area contributed by atoms with Crippen LogP contribution in [0.4, 0.5) is 23.2 Å². The van der Waals surface area contributed by atoms with Crippen molar-refractivity contribution in [2.24, 2.45) is 0 Å². The Morgan fingerprint density at radius 1 is 1.00 bits per heavy atom. The quantitative estimate of drug-likeness (QED) is 0.609. The minimum atomic E-state index is -4.74. The van der Waals surface area contributed by atoms with Crippen LogP contribution in [0.15, 0.2) is 42.5 Å².